The lowest BCUT2D eigenvalue weighted by molar-refractivity contribution is 0.627. The molecule has 0 aliphatic heterocycles. The van der Waals surface area contributed by atoms with E-state index in [-0.39, 0.29) is 5.56 Å². The maximum Gasteiger partial charge on any atom is 0.266 e. The summed E-state index contributed by atoms with van der Waals surface area (Å²) in [4.78, 5) is 11.5. The van der Waals surface area contributed by atoms with Crippen molar-refractivity contribution in [3.05, 3.63) is 51.2 Å². The van der Waals surface area contributed by atoms with Gasteiger partial charge in [0, 0.05) is 21.4 Å². The zero-order valence-corrected chi connectivity index (χ0v) is 12.1. The van der Waals surface area contributed by atoms with E-state index in [1.54, 1.807) is 12.1 Å². The Bertz CT molecular complexity index is 581. The third-order valence-electron chi connectivity index (χ3n) is 2.31. The van der Waals surface area contributed by atoms with E-state index in [0.29, 0.717) is 11.9 Å². The molecule has 1 heterocycles. The molecule has 0 atom stereocenters. The minimum atomic E-state index is -0.0831. The highest BCUT2D eigenvalue weighted by atomic mass is 79.9. The van der Waals surface area contributed by atoms with Crippen LogP contribution in [0.2, 0.25) is 0 Å². The Morgan fingerprint density at radius 2 is 1.94 bits per heavy atom. The van der Waals surface area contributed by atoms with Gasteiger partial charge in [0.2, 0.25) is 0 Å². The standard InChI is InChI=1S/C12H10Br2N2O/c13-7-8-16-12(17)6-5-11(15-16)9-3-1-2-4-10(9)14/h1-6H,7-8H2. The highest BCUT2D eigenvalue weighted by Crippen LogP contribution is 2.25. The molecule has 2 rings (SSSR count). The summed E-state index contributed by atoms with van der Waals surface area (Å²) in [6.07, 6.45) is 0. The van der Waals surface area contributed by atoms with Crippen molar-refractivity contribution >= 4 is 31.9 Å². The first-order valence-corrected chi connectivity index (χ1v) is 7.03. The van der Waals surface area contributed by atoms with Crippen LogP contribution in [0.5, 0.6) is 0 Å². The van der Waals surface area contributed by atoms with Crippen LogP contribution in [0.4, 0.5) is 0 Å². The number of hydrogen-bond acceptors (Lipinski definition) is 2. The zero-order chi connectivity index (χ0) is 12.3. The molecule has 0 unspecified atom stereocenters. The summed E-state index contributed by atoms with van der Waals surface area (Å²) < 4.78 is 2.43. The van der Waals surface area contributed by atoms with E-state index in [2.05, 4.69) is 37.0 Å². The fourth-order valence-electron chi connectivity index (χ4n) is 1.50. The number of halogens is 2. The second-order valence-electron chi connectivity index (χ2n) is 3.45. The van der Waals surface area contributed by atoms with E-state index >= 15 is 0 Å². The highest BCUT2D eigenvalue weighted by molar-refractivity contribution is 9.10. The number of hydrogen-bond donors (Lipinski definition) is 0. The predicted molar refractivity (Wildman–Crippen MR) is 75.4 cm³/mol. The monoisotopic (exact) mass is 356 g/mol. The lowest BCUT2D eigenvalue weighted by Gasteiger charge is -2.06. The molecule has 0 bridgehead atoms. The van der Waals surface area contributed by atoms with Crippen molar-refractivity contribution in [2.24, 2.45) is 0 Å². The molecule has 0 amide bonds. The number of alkyl halides is 1. The van der Waals surface area contributed by atoms with Crippen molar-refractivity contribution in [1.82, 2.24) is 9.78 Å². The maximum absolute atomic E-state index is 11.5. The van der Waals surface area contributed by atoms with E-state index in [4.69, 9.17) is 0 Å². The molecule has 3 nitrogen and oxygen atoms in total. The second-order valence-corrected chi connectivity index (χ2v) is 5.10. The van der Waals surface area contributed by atoms with Gasteiger partial charge in [-0.25, -0.2) is 4.68 Å². The first-order valence-electron chi connectivity index (χ1n) is 5.11. The van der Waals surface area contributed by atoms with Crippen molar-refractivity contribution < 1.29 is 0 Å². The number of nitrogens with zero attached hydrogens (tertiary/aromatic N) is 2. The summed E-state index contributed by atoms with van der Waals surface area (Å²) in [5, 5.41) is 5.04. The van der Waals surface area contributed by atoms with Gasteiger partial charge in [-0.3, -0.25) is 4.79 Å². The number of rotatable bonds is 3. The highest BCUT2D eigenvalue weighted by Gasteiger charge is 2.05. The summed E-state index contributed by atoms with van der Waals surface area (Å²) in [6.45, 7) is 0.567. The second kappa shape index (κ2) is 5.60. The molecule has 1 aromatic carbocycles. The van der Waals surface area contributed by atoms with Gasteiger partial charge in [0.05, 0.1) is 12.2 Å². The molecule has 88 valence electrons. The minimum absolute atomic E-state index is 0.0831. The molecule has 17 heavy (non-hydrogen) atoms. The van der Waals surface area contributed by atoms with Gasteiger partial charge >= 0.3 is 0 Å². The topological polar surface area (TPSA) is 34.9 Å². The first-order chi connectivity index (χ1) is 8.22. The van der Waals surface area contributed by atoms with E-state index in [1.807, 2.05) is 24.3 Å². The quantitative estimate of drug-likeness (QED) is 0.791. The Kier molecular flexibility index (Phi) is 4.12. The predicted octanol–water partition coefficient (Wildman–Crippen LogP) is 3.07. The van der Waals surface area contributed by atoms with Crippen LogP contribution in [0.15, 0.2) is 45.7 Å². The van der Waals surface area contributed by atoms with Crippen LogP contribution in [0.25, 0.3) is 11.3 Å². The van der Waals surface area contributed by atoms with Crippen LogP contribution in [0.3, 0.4) is 0 Å². The van der Waals surface area contributed by atoms with Crippen LogP contribution in [0.1, 0.15) is 0 Å². The van der Waals surface area contributed by atoms with Gasteiger partial charge in [-0.05, 0) is 12.1 Å². The number of benzene rings is 1. The third kappa shape index (κ3) is 2.84. The lowest BCUT2D eigenvalue weighted by atomic mass is 10.1. The van der Waals surface area contributed by atoms with Crippen molar-refractivity contribution in [3.8, 4) is 11.3 Å². The molecule has 0 N–H and O–H groups in total. The van der Waals surface area contributed by atoms with Gasteiger partial charge in [0.15, 0.2) is 0 Å². The Morgan fingerprint density at radius 3 is 2.65 bits per heavy atom. The minimum Gasteiger partial charge on any atom is -0.268 e. The van der Waals surface area contributed by atoms with Gasteiger partial charge in [-0.15, -0.1) is 0 Å². The Balaban J connectivity index is 2.50. The van der Waals surface area contributed by atoms with Crippen LogP contribution in [-0.4, -0.2) is 15.1 Å². The molecular formula is C12H10Br2N2O. The van der Waals surface area contributed by atoms with Gasteiger partial charge in [-0.2, -0.15) is 5.10 Å². The largest absolute Gasteiger partial charge is 0.268 e. The fourth-order valence-corrected chi connectivity index (χ4v) is 2.33. The van der Waals surface area contributed by atoms with E-state index in [9.17, 15) is 4.79 Å². The maximum atomic E-state index is 11.5. The van der Waals surface area contributed by atoms with E-state index in [0.717, 1.165) is 15.7 Å². The van der Waals surface area contributed by atoms with E-state index < -0.39 is 0 Å². The van der Waals surface area contributed by atoms with Gasteiger partial charge in [-0.1, -0.05) is 50.1 Å². The van der Waals surface area contributed by atoms with E-state index in [1.165, 1.54) is 4.68 Å². The van der Waals surface area contributed by atoms with Gasteiger partial charge in [0.1, 0.15) is 0 Å². The molecule has 0 spiro atoms. The summed E-state index contributed by atoms with van der Waals surface area (Å²) in [6, 6.07) is 11.1. The van der Waals surface area contributed by atoms with Gasteiger partial charge < -0.3 is 0 Å². The van der Waals surface area contributed by atoms with Crippen LogP contribution in [0, 0.1) is 0 Å². The molecule has 0 radical (unpaired) electrons. The summed E-state index contributed by atoms with van der Waals surface area (Å²) in [7, 11) is 0. The molecule has 1 aromatic heterocycles. The lowest BCUT2D eigenvalue weighted by Crippen LogP contribution is -2.22. The molecule has 5 heteroatoms. The summed E-state index contributed by atoms with van der Waals surface area (Å²) >= 11 is 6.78. The first kappa shape index (κ1) is 12.5. The zero-order valence-electron chi connectivity index (χ0n) is 8.94. The number of aromatic nitrogens is 2. The molecule has 0 aliphatic rings. The van der Waals surface area contributed by atoms with Crippen molar-refractivity contribution in [2.75, 3.05) is 5.33 Å². The van der Waals surface area contributed by atoms with Crippen molar-refractivity contribution in [3.63, 3.8) is 0 Å². The fraction of sp³-hybridized carbons (Fsp3) is 0.167. The van der Waals surface area contributed by atoms with Crippen molar-refractivity contribution in [2.45, 2.75) is 6.54 Å². The van der Waals surface area contributed by atoms with Crippen LogP contribution < -0.4 is 5.56 Å². The smallest absolute Gasteiger partial charge is 0.266 e. The number of aryl methyl sites for hydroxylation is 1. The van der Waals surface area contributed by atoms with Crippen LogP contribution in [-0.2, 0) is 6.54 Å². The summed E-state index contributed by atoms with van der Waals surface area (Å²) in [5.41, 5.74) is 1.69. The van der Waals surface area contributed by atoms with Gasteiger partial charge in [0.25, 0.3) is 5.56 Å². The molecule has 0 saturated heterocycles. The SMILES string of the molecule is O=c1ccc(-c2ccccc2Br)nn1CCBr. The Labute approximate surface area is 116 Å². The molecule has 0 saturated carbocycles. The van der Waals surface area contributed by atoms with Crippen molar-refractivity contribution in [1.29, 1.82) is 0 Å². The third-order valence-corrected chi connectivity index (χ3v) is 3.36. The molecule has 2 aromatic rings. The Morgan fingerprint density at radius 1 is 1.18 bits per heavy atom. The Hall–Kier alpha value is -0.940. The average Bonchev–Trinajstić information content (AvgIpc) is 2.33. The van der Waals surface area contributed by atoms with Crippen LogP contribution >= 0.6 is 31.9 Å². The molecule has 0 aliphatic carbocycles. The molecular weight excluding hydrogens is 348 g/mol. The summed E-state index contributed by atoms with van der Waals surface area (Å²) in [5.74, 6) is 0. The normalized spacial score (nSPS) is 10.5. The average molecular weight is 358 g/mol. The molecule has 0 fully saturated rings.